The molecule has 1 fully saturated rings. The zero-order chi connectivity index (χ0) is 14.3. The van der Waals surface area contributed by atoms with Crippen molar-refractivity contribution >= 4 is 17.5 Å². The van der Waals surface area contributed by atoms with Crippen molar-refractivity contribution in [2.45, 2.75) is 12.5 Å². The maximum Gasteiger partial charge on any atom is 0.247 e. The number of hydrogen-bond donors (Lipinski definition) is 1. The summed E-state index contributed by atoms with van der Waals surface area (Å²) in [6.45, 7) is 3.78. The normalized spacial score (nSPS) is 18.4. The summed E-state index contributed by atoms with van der Waals surface area (Å²) in [4.78, 5) is 11.6. The first-order valence-corrected chi connectivity index (χ1v) is 6.70. The number of aromatic nitrogens is 2. The summed E-state index contributed by atoms with van der Waals surface area (Å²) in [5.74, 6) is -0.0906. The van der Waals surface area contributed by atoms with Crippen molar-refractivity contribution in [3.63, 3.8) is 0 Å². The van der Waals surface area contributed by atoms with Crippen LogP contribution in [0.15, 0.2) is 42.7 Å². The number of nitrogens with zero attached hydrogens (tertiary/aromatic N) is 2. The van der Waals surface area contributed by atoms with Gasteiger partial charge in [-0.05, 0) is 11.6 Å². The van der Waals surface area contributed by atoms with Crippen molar-refractivity contribution in [2.75, 3.05) is 0 Å². The van der Waals surface area contributed by atoms with E-state index in [2.05, 4.69) is 17.0 Å². The molecule has 5 heteroatoms. The van der Waals surface area contributed by atoms with E-state index in [1.807, 2.05) is 31.4 Å². The molecule has 1 aromatic carbocycles. The number of amides is 1. The molecule has 1 amide bonds. The molecular weight excluding hydrogens is 274 g/mol. The third kappa shape index (κ3) is 2.12. The van der Waals surface area contributed by atoms with E-state index < -0.39 is 0 Å². The number of benzene rings is 1. The van der Waals surface area contributed by atoms with Gasteiger partial charge in [0, 0.05) is 41.4 Å². The number of nitrogens with one attached hydrogen (secondary N) is 1. The molecule has 2 aromatic rings. The topological polar surface area (TPSA) is 46.9 Å². The number of carbonyl (C=O) groups excluding carboxylic acids is 1. The predicted octanol–water partition coefficient (Wildman–Crippen LogP) is 2.86. The Labute approximate surface area is 122 Å². The Morgan fingerprint density at radius 2 is 2.30 bits per heavy atom. The molecule has 0 bridgehead atoms. The molecule has 0 aliphatic carbocycles. The van der Waals surface area contributed by atoms with E-state index >= 15 is 0 Å². The molecule has 3 rings (SSSR count). The molecule has 1 atom stereocenters. The summed E-state index contributed by atoms with van der Waals surface area (Å²) < 4.78 is 1.73. The molecule has 1 aliphatic heterocycles. The summed E-state index contributed by atoms with van der Waals surface area (Å²) in [5.41, 5.74) is 3.46. The highest BCUT2D eigenvalue weighted by molar-refractivity contribution is 6.33. The first-order valence-electron chi connectivity index (χ1n) is 6.32. The summed E-state index contributed by atoms with van der Waals surface area (Å²) in [6.07, 6.45) is 4.29. The number of hydrogen-bond acceptors (Lipinski definition) is 2. The smallest absolute Gasteiger partial charge is 0.247 e. The zero-order valence-corrected chi connectivity index (χ0v) is 11.8. The van der Waals surface area contributed by atoms with E-state index in [4.69, 9.17) is 11.6 Å². The molecule has 2 heterocycles. The van der Waals surface area contributed by atoms with Gasteiger partial charge in [-0.2, -0.15) is 5.10 Å². The highest BCUT2D eigenvalue weighted by Crippen LogP contribution is 2.38. The van der Waals surface area contributed by atoms with Crippen molar-refractivity contribution in [3.05, 3.63) is 53.3 Å². The lowest BCUT2D eigenvalue weighted by molar-refractivity contribution is -0.116. The zero-order valence-electron chi connectivity index (χ0n) is 11.1. The van der Waals surface area contributed by atoms with Crippen LogP contribution in [-0.2, 0) is 11.8 Å². The lowest BCUT2D eigenvalue weighted by Crippen LogP contribution is -2.19. The van der Waals surface area contributed by atoms with Crippen molar-refractivity contribution in [3.8, 4) is 11.1 Å². The Morgan fingerprint density at radius 1 is 1.50 bits per heavy atom. The van der Waals surface area contributed by atoms with Gasteiger partial charge >= 0.3 is 0 Å². The molecule has 0 radical (unpaired) electrons. The third-order valence-corrected chi connectivity index (χ3v) is 3.81. The maximum atomic E-state index is 11.6. The molecule has 1 unspecified atom stereocenters. The van der Waals surface area contributed by atoms with Gasteiger partial charge in [-0.15, -0.1) is 0 Å². The summed E-state index contributed by atoms with van der Waals surface area (Å²) >= 11 is 6.35. The molecule has 20 heavy (non-hydrogen) atoms. The molecule has 0 saturated carbocycles. The van der Waals surface area contributed by atoms with Crippen LogP contribution in [-0.4, -0.2) is 15.7 Å². The van der Waals surface area contributed by atoms with E-state index in [-0.39, 0.29) is 11.9 Å². The molecular formula is C15H14ClN3O. The van der Waals surface area contributed by atoms with Gasteiger partial charge in [-0.3, -0.25) is 9.48 Å². The lowest BCUT2D eigenvalue weighted by Gasteiger charge is -2.15. The molecule has 1 aromatic heterocycles. The number of aryl methyl sites for hydroxylation is 1. The van der Waals surface area contributed by atoms with Crippen LogP contribution < -0.4 is 5.32 Å². The van der Waals surface area contributed by atoms with Crippen molar-refractivity contribution in [1.29, 1.82) is 0 Å². The number of carbonyl (C=O) groups is 1. The Kier molecular flexibility index (Phi) is 3.10. The minimum Gasteiger partial charge on any atom is -0.345 e. The van der Waals surface area contributed by atoms with Crippen molar-refractivity contribution in [1.82, 2.24) is 15.1 Å². The molecule has 4 nitrogen and oxygen atoms in total. The van der Waals surface area contributed by atoms with Crippen LogP contribution in [0, 0.1) is 0 Å². The van der Waals surface area contributed by atoms with Crippen LogP contribution in [0.4, 0.5) is 0 Å². The minimum atomic E-state index is -0.0906. The third-order valence-electron chi connectivity index (χ3n) is 3.49. The minimum absolute atomic E-state index is 0.0797. The van der Waals surface area contributed by atoms with E-state index in [0.717, 1.165) is 16.7 Å². The van der Waals surface area contributed by atoms with Gasteiger partial charge in [0.05, 0.1) is 12.2 Å². The predicted molar refractivity (Wildman–Crippen MR) is 78.3 cm³/mol. The Balaban J connectivity index is 2.10. The number of halogens is 1. The largest absolute Gasteiger partial charge is 0.345 e. The maximum absolute atomic E-state index is 11.6. The second kappa shape index (κ2) is 4.80. The highest BCUT2D eigenvalue weighted by atomic mass is 35.5. The summed E-state index contributed by atoms with van der Waals surface area (Å²) in [6, 6.07) is 5.64. The van der Waals surface area contributed by atoms with E-state index in [9.17, 15) is 4.79 Å². The van der Waals surface area contributed by atoms with Crippen molar-refractivity contribution in [2.24, 2.45) is 7.05 Å². The fourth-order valence-corrected chi connectivity index (χ4v) is 2.82. The van der Waals surface area contributed by atoms with Crippen LogP contribution in [0.1, 0.15) is 18.0 Å². The monoisotopic (exact) mass is 287 g/mol. The molecule has 102 valence electrons. The van der Waals surface area contributed by atoms with Gasteiger partial charge in [0.25, 0.3) is 0 Å². The Hall–Kier alpha value is -2.07. The fraction of sp³-hybridized carbons (Fsp3) is 0.200. The van der Waals surface area contributed by atoms with Gasteiger partial charge in [0.1, 0.15) is 0 Å². The fourth-order valence-electron chi connectivity index (χ4n) is 2.52. The van der Waals surface area contributed by atoms with Gasteiger partial charge in [-0.25, -0.2) is 0 Å². The Bertz CT molecular complexity index is 689. The van der Waals surface area contributed by atoms with Crippen LogP contribution in [0.3, 0.4) is 0 Å². The van der Waals surface area contributed by atoms with E-state index in [1.54, 1.807) is 10.9 Å². The van der Waals surface area contributed by atoms with Gasteiger partial charge in [0.15, 0.2) is 0 Å². The lowest BCUT2D eigenvalue weighted by atomic mass is 9.95. The van der Waals surface area contributed by atoms with E-state index in [1.165, 1.54) is 0 Å². The average molecular weight is 288 g/mol. The highest BCUT2D eigenvalue weighted by Gasteiger charge is 2.28. The van der Waals surface area contributed by atoms with Crippen LogP contribution >= 0.6 is 11.6 Å². The first kappa shape index (κ1) is 12.9. The van der Waals surface area contributed by atoms with Crippen LogP contribution in [0.25, 0.3) is 11.1 Å². The Morgan fingerprint density at radius 3 is 2.90 bits per heavy atom. The standard InChI is InChI=1S/C15H14ClN3O/c1-9-6-13(18-15(9)20)11-4-3-5-12(16)14(11)10-7-17-19(2)8-10/h3-5,7-8,13H,1,6H2,2H3,(H,18,20). The average Bonchev–Trinajstić information content (AvgIpc) is 2.96. The van der Waals surface area contributed by atoms with E-state index in [0.29, 0.717) is 17.0 Å². The van der Waals surface area contributed by atoms with Crippen LogP contribution in [0.5, 0.6) is 0 Å². The number of rotatable bonds is 2. The van der Waals surface area contributed by atoms with Gasteiger partial charge < -0.3 is 5.32 Å². The van der Waals surface area contributed by atoms with Gasteiger partial charge in [0.2, 0.25) is 5.91 Å². The van der Waals surface area contributed by atoms with Gasteiger partial charge in [-0.1, -0.05) is 30.3 Å². The SMILES string of the molecule is C=C1CC(c2cccc(Cl)c2-c2cnn(C)c2)NC1=O. The van der Waals surface area contributed by atoms with Crippen molar-refractivity contribution < 1.29 is 4.79 Å². The summed E-state index contributed by atoms with van der Waals surface area (Å²) in [7, 11) is 1.86. The first-order chi connectivity index (χ1) is 9.56. The second-order valence-electron chi connectivity index (χ2n) is 4.94. The molecule has 1 N–H and O–H groups in total. The second-order valence-corrected chi connectivity index (χ2v) is 5.35. The molecule has 1 aliphatic rings. The van der Waals surface area contributed by atoms with Crippen LogP contribution in [0.2, 0.25) is 5.02 Å². The molecule has 0 spiro atoms. The quantitative estimate of drug-likeness (QED) is 0.864. The molecule has 1 saturated heterocycles. The summed E-state index contributed by atoms with van der Waals surface area (Å²) in [5, 5.41) is 7.78.